The highest BCUT2D eigenvalue weighted by molar-refractivity contribution is 5.95. The smallest absolute Gasteiger partial charge is 0.303 e. The second-order valence-corrected chi connectivity index (χ2v) is 31.7. The maximum Gasteiger partial charge on any atom is 0.303 e. The van der Waals surface area contributed by atoms with Gasteiger partial charge in [-0.25, -0.2) is 15.2 Å². The third kappa shape index (κ3) is 35.7. The van der Waals surface area contributed by atoms with Crippen molar-refractivity contribution in [2.45, 2.75) is 214 Å². The van der Waals surface area contributed by atoms with E-state index in [4.69, 9.17) is 59.3 Å². The summed E-state index contributed by atoms with van der Waals surface area (Å²) in [5, 5.41) is 137. The number of nitrogens with two attached hydrogens (primary N) is 2. The zero-order chi connectivity index (χ0) is 92.0. The van der Waals surface area contributed by atoms with E-state index in [1.165, 1.54) is 21.6 Å². The van der Waals surface area contributed by atoms with E-state index >= 15 is 0 Å². The predicted octanol–water partition coefficient (Wildman–Crippen LogP) is -1.49. The molecule has 7 amide bonds. The average molecular weight is 1810 g/mol. The minimum atomic E-state index is -1.40. The van der Waals surface area contributed by atoms with Gasteiger partial charge in [-0.1, -0.05) is 67.2 Å². The number of rotatable bonds is 61. The number of unbranched alkanes of at least 4 members (excludes halogenated alkanes) is 10. The van der Waals surface area contributed by atoms with Crippen LogP contribution in [-0.2, 0) is 65.6 Å². The van der Waals surface area contributed by atoms with Gasteiger partial charge >= 0.3 is 5.97 Å². The van der Waals surface area contributed by atoms with Gasteiger partial charge in [-0.2, -0.15) is 0 Å². The lowest BCUT2D eigenvalue weighted by atomic mass is 9.98. The van der Waals surface area contributed by atoms with Gasteiger partial charge in [0.05, 0.1) is 103 Å². The molecule has 2 aromatic heterocycles. The van der Waals surface area contributed by atoms with Crippen LogP contribution in [0.2, 0.25) is 0 Å². The second kappa shape index (κ2) is 56.3. The summed E-state index contributed by atoms with van der Waals surface area (Å²) in [6.07, 6.45) is 3.11. The lowest BCUT2D eigenvalue weighted by Gasteiger charge is -2.40. The van der Waals surface area contributed by atoms with Crippen molar-refractivity contribution in [1.82, 2.24) is 72.2 Å². The van der Waals surface area contributed by atoms with Crippen LogP contribution < -0.4 is 63.0 Å². The molecule has 43 nitrogen and oxygen atoms in total. The van der Waals surface area contributed by atoms with Crippen molar-refractivity contribution in [2.75, 3.05) is 125 Å². The Morgan fingerprint density at radius 3 is 1.20 bits per heavy atom. The Morgan fingerprint density at radius 1 is 0.453 bits per heavy atom. The highest BCUT2D eigenvalue weighted by atomic mass is 16.5. The number of amides is 7. The van der Waals surface area contributed by atoms with Gasteiger partial charge in [0.25, 0.3) is 17.7 Å². The molecule has 0 radical (unpaired) electrons. The summed E-state index contributed by atoms with van der Waals surface area (Å²) in [4.78, 5) is 104. The number of aliphatic hydroxyl groups excluding tert-OH is 9. The molecule has 5 aromatic rings. The van der Waals surface area contributed by atoms with Crippen molar-refractivity contribution in [3.63, 3.8) is 0 Å². The summed E-state index contributed by atoms with van der Waals surface area (Å²) in [5.41, 5.74) is 6.67. The number of aromatic nitrogens is 6. The van der Waals surface area contributed by atoms with Crippen molar-refractivity contribution >= 4 is 47.3 Å². The van der Waals surface area contributed by atoms with E-state index in [1.54, 1.807) is 79.1 Å². The average Bonchev–Trinajstić information content (AvgIpc) is 1.64. The third-order valence-electron chi connectivity index (χ3n) is 21.5. The van der Waals surface area contributed by atoms with Crippen LogP contribution in [0.15, 0.2) is 97.1 Å². The number of aliphatic carboxylic acids is 1. The van der Waals surface area contributed by atoms with Gasteiger partial charge in [0.15, 0.2) is 0 Å². The van der Waals surface area contributed by atoms with Gasteiger partial charge in [-0.3, -0.25) is 38.4 Å². The van der Waals surface area contributed by atoms with E-state index in [0.29, 0.717) is 110 Å². The Kier molecular flexibility index (Phi) is 45.4. The lowest BCUT2D eigenvalue weighted by Crippen LogP contribution is -2.60. The van der Waals surface area contributed by atoms with Crippen molar-refractivity contribution < 1.29 is 132 Å². The summed E-state index contributed by atoms with van der Waals surface area (Å²) in [7, 11) is 0. The van der Waals surface area contributed by atoms with E-state index in [0.717, 1.165) is 43.5 Å². The summed E-state index contributed by atoms with van der Waals surface area (Å²) >= 11 is 0. The topological polar surface area (TPSA) is 623 Å². The predicted molar refractivity (Wildman–Crippen MR) is 455 cm³/mol. The van der Waals surface area contributed by atoms with Gasteiger partial charge in [-0.15, -0.1) is 10.2 Å². The quantitative estimate of drug-likeness (QED) is 0.0120. The number of hydrogen-bond acceptors (Lipinski definition) is 33. The largest absolute Gasteiger partial charge is 0.487 e. The van der Waals surface area contributed by atoms with Crippen molar-refractivity contribution in [3.8, 4) is 17.2 Å². The fraction of sp³-hybridized carbons (Fsp3) is 0.624. The summed E-state index contributed by atoms with van der Waals surface area (Å²) in [5.74, 6) is 3.92. The number of hydrazine groups is 1. The molecule has 0 spiro atoms. The third-order valence-corrected chi connectivity index (χ3v) is 21.5. The van der Waals surface area contributed by atoms with Crippen LogP contribution in [0.3, 0.4) is 0 Å². The number of benzene rings is 3. The first-order chi connectivity index (χ1) is 61.9. The molecule has 3 aliphatic heterocycles. The number of aliphatic hydroxyl groups is 9. The molecular weight excluding hydrogens is 1680 g/mol. The minimum absolute atomic E-state index is 0.0110. The van der Waals surface area contributed by atoms with Gasteiger partial charge < -0.3 is 142 Å². The van der Waals surface area contributed by atoms with Gasteiger partial charge in [0, 0.05) is 94.3 Å². The minimum Gasteiger partial charge on any atom is -0.487 e. The van der Waals surface area contributed by atoms with Crippen LogP contribution >= 0.6 is 0 Å². The number of carboxylic acids is 1. The number of hydrogen-bond donors (Lipinski definition) is 19. The molecule has 3 aliphatic rings. The first-order valence-electron chi connectivity index (χ1n) is 43.5. The molecule has 0 aliphatic carbocycles. The summed E-state index contributed by atoms with van der Waals surface area (Å²) in [6, 6.07) is 17.1. The van der Waals surface area contributed by atoms with Crippen molar-refractivity contribution in [3.05, 3.63) is 125 Å². The number of carbonyl (C=O) groups is 8. The van der Waals surface area contributed by atoms with E-state index in [2.05, 4.69) is 57.8 Å². The first-order valence-corrected chi connectivity index (χ1v) is 43.5. The molecular formula is C85H128N16O27. The van der Waals surface area contributed by atoms with Crippen LogP contribution in [0.25, 0.3) is 0 Å². The van der Waals surface area contributed by atoms with Gasteiger partial charge in [0.2, 0.25) is 23.6 Å². The van der Waals surface area contributed by atoms with Crippen molar-refractivity contribution in [1.29, 1.82) is 0 Å². The van der Waals surface area contributed by atoms with E-state index in [1.807, 2.05) is 0 Å². The molecule has 13 atom stereocenters. The van der Waals surface area contributed by atoms with Crippen LogP contribution in [-0.4, -0.2) is 325 Å². The maximum atomic E-state index is 14.0. The van der Waals surface area contributed by atoms with E-state index < -0.39 is 104 Å². The fourth-order valence-corrected chi connectivity index (χ4v) is 14.0. The number of nitrogens with one attached hydrogen (secondary N) is 7. The molecule has 3 fully saturated rings. The summed E-state index contributed by atoms with van der Waals surface area (Å²) in [6.45, 7) is -0.964. The SMILES string of the molecule is N/C(=C\N(N)[C@H]1CO[C@H](CO)[C@H](O)[C@@H]1O)COc1cccc(C(=O)NCCCCNC(=O)CCOCC(COCCC(=O)NCCCCNC(=O)c2cccc(OCc3cn(C4CO[C@H](CO)[C@H](O)[C@@H]4O)nn3)c2)(COCCC(=O)NCCCCNC(=O)c2cccc(OCc3cn([C@H]4CO[C@H](CO)[C@H](O)[C@@H]4O)nn3)c2)NC(=O)CCCCCCCCCCC(=O)O)c1. The number of carboxylic acid groups (broad SMARTS) is 1. The molecule has 21 N–H and O–H groups in total. The Hall–Kier alpha value is -10.2. The van der Waals surface area contributed by atoms with E-state index in [9.17, 15) is 84.3 Å². The molecule has 0 saturated carbocycles. The molecule has 2 unspecified atom stereocenters. The molecule has 3 aromatic carbocycles. The Labute approximate surface area is 741 Å². The number of carbonyl (C=O) groups excluding carboxylic acids is 7. The highest BCUT2D eigenvalue weighted by Crippen LogP contribution is 2.28. The molecule has 5 heterocycles. The Balaban J connectivity index is 0.787. The standard InChI is InChI=1S/C85H128N16O27/c86-59(41-99(87)65-50-126-68(44-102)79(114)76(65)111)47-123-62-21-15-18-56(38-62)82(117)91-32-12-9-29-88-71(105)26-35-120-53-85(94-74(108)24-7-5-3-1-2-4-6-8-25-75(109)110,54-121-36-27-72(106)89-30-10-13-33-92-83(118)57-19-16-22-63(39-57)124-48-60-42-100(97-95-60)66-51-127-69(45-103)80(115)77(66)112)55-122-37-28-73(107)90-31-11-14-34-93-84(119)58-20-17-23-64(40-58)125-49-61-43-101(98-96-61)67-52-128-70(46-104)81(116)78(67)113/h15-23,38-43,65-70,76-81,102-104,111-116H,1-14,24-37,44-55,86-87H2,(H,88,105)(H,89,106)(H,90,107)(H,91,117)(H,92,118)(H,93,119)(H,94,108)(H,109,110)/b59-41-/t65-,66-,67?,68+,69+,70+,76+,77+,78+,79-,80-,81-,85?/m0/s1. The monoisotopic (exact) mass is 1800 g/mol. The Morgan fingerprint density at radius 2 is 0.812 bits per heavy atom. The normalized spacial score (nSPS) is 21.0. The van der Waals surface area contributed by atoms with Gasteiger partial charge in [0.1, 0.15) is 121 Å². The highest BCUT2D eigenvalue weighted by Gasteiger charge is 2.43. The Bertz CT molecular complexity index is 4060. The summed E-state index contributed by atoms with van der Waals surface area (Å²) < 4.78 is 55.1. The number of nitrogens with zero attached hydrogens (tertiary/aromatic N) is 7. The van der Waals surface area contributed by atoms with Crippen LogP contribution in [0.5, 0.6) is 17.2 Å². The molecule has 8 rings (SSSR count). The molecule has 0 bridgehead atoms. The lowest BCUT2D eigenvalue weighted by molar-refractivity contribution is -0.176. The van der Waals surface area contributed by atoms with Crippen LogP contribution in [0, 0.1) is 0 Å². The zero-order valence-corrected chi connectivity index (χ0v) is 72.1. The van der Waals surface area contributed by atoms with Crippen LogP contribution in [0.1, 0.15) is 177 Å². The molecule has 43 heteroatoms. The molecule has 3 saturated heterocycles. The first kappa shape index (κ1) is 103. The van der Waals surface area contributed by atoms with Gasteiger partial charge in [-0.05, 0) is 106 Å². The van der Waals surface area contributed by atoms with Crippen LogP contribution in [0.4, 0.5) is 0 Å². The van der Waals surface area contributed by atoms with Crippen molar-refractivity contribution in [2.24, 2.45) is 11.6 Å². The van der Waals surface area contributed by atoms with E-state index in [-0.39, 0.29) is 185 Å². The zero-order valence-electron chi connectivity index (χ0n) is 72.1. The second-order valence-electron chi connectivity index (χ2n) is 31.7. The maximum absolute atomic E-state index is 14.0. The molecule has 710 valence electrons. The number of ether oxygens (including phenoxy) is 9. The molecule has 128 heavy (non-hydrogen) atoms. The fourth-order valence-electron chi connectivity index (χ4n) is 14.0.